The Balaban J connectivity index is 1.98. The summed E-state index contributed by atoms with van der Waals surface area (Å²) in [5, 5.41) is 4.30. The molecule has 0 saturated heterocycles. The minimum absolute atomic E-state index is 0.00148. The molecule has 0 saturated carbocycles. The minimum Gasteiger partial charge on any atom is -0.321 e. The smallest absolute Gasteiger partial charge is 0.266 e. The molecule has 0 aliphatic rings. The van der Waals surface area contributed by atoms with Gasteiger partial charge in [0.2, 0.25) is 0 Å². The lowest BCUT2D eigenvalue weighted by Gasteiger charge is -2.09. The van der Waals surface area contributed by atoms with Gasteiger partial charge in [-0.2, -0.15) is 0 Å². The monoisotopic (exact) mass is 323 g/mol. The SMILES string of the molecule is CCCc1c(C(=O)Nc2ccc(C)cc2C)sc2ccccc12. The van der Waals surface area contributed by atoms with Crippen LogP contribution in [-0.4, -0.2) is 5.91 Å². The Bertz CT molecular complexity index is 863. The number of hydrogen-bond donors (Lipinski definition) is 1. The summed E-state index contributed by atoms with van der Waals surface area (Å²) < 4.78 is 1.18. The summed E-state index contributed by atoms with van der Waals surface area (Å²) in [5.41, 5.74) is 4.36. The van der Waals surface area contributed by atoms with Crippen LogP contribution in [0.25, 0.3) is 10.1 Å². The number of rotatable bonds is 4. The van der Waals surface area contributed by atoms with E-state index >= 15 is 0 Å². The van der Waals surface area contributed by atoms with Gasteiger partial charge in [-0.3, -0.25) is 4.79 Å². The molecular formula is C20H21NOS. The van der Waals surface area contributed by atoms with Crippen molar-refractivity contribution in [1.82, 2.24) is 0 Å². The quantitative estimate of drug-likeness (QED) is 0.653. The molecule has 3 rings (SSSR count). The summed E-state index contributed by atoms with van der Waals surface area (Å²) in [4.78, 5) is 13.7. The molecule has 1 heterocycles. The molecule has 0 bridgehead atoms. The lowest BCUT2D eigenvalue weighted by atomic mass is 10.1. The summed E-state index contributed by atoms with van der Waals surface area (Å²) in [5.74, 6) is 0.00148. The van der Waals surface area contributed by atoms with Crippen molar-refractivity contribution in [3.05, 3.63) is 64.0 Å². The zero-order valence-corrected chi connectivity index (χ0v) is 14.6. The second-order valence-corrected chi connectivity index (χ2v) is 6.98. The fraction of sp³-hybridized carbons (Fsp3) is 0.250. The van der Waals surface area contributed by atoms with Gasteiger partial charge in [-0.05, 0) is 48.9 Å². The molecule has 0 aliphatic heterocycles. The van der Waals surface area contributed by atoms with Crippen molar-refractivity contribution in [3.63, 3.8) is 0 Å². The highest BCUT2D eigenvalue weighted by Gasteiger charge is 2.18. The van der Waals surface area contributed by atoms with E-state index in [-0.39, 0.29) is 5.91 Å². The molecule has 1 aromatic heterocycles. The van der Waals surface area contributed by atoms with Gasteiger partial charge >= 0.3 is 0 Å². The fourth-order valence-electron chi connectivity index (χ4n) is 2.91. The average molecular weight is 323 g/mol. The minimum atomic E-state index is 0.00148. The number of benzene rings is 2. The van der Waals surface area contributed by atoms with E-state index in [1.165, 1.54) is 21.2 Å². The van der Waals surface area contributed by atoms with E-state index in [1.54, 1.807) is 11.3 Å². The summed E-state index contributed by atoms with van der Waals surface area (Å²) in [7, 11) is 0. The molecule has 0 aliphatic carbocycles. The van der Waals surface area contributed by atoms with E-state index in [1.807, 2.05) is 31.2 Å². The number of hydrogen-bond acceptors (Lipinski definition) is 2. The topological polar surface area (TPSA) is 29.1 Å². The molecule has 0 unspecified atom stereocenters. The highest BCUT2D eigenvalue weighted by atomic mass is 32.1. The van der Waals surface area contributed by atoms with E-state index in [2.05, 4.69) is 37.4 Å². The summed E-state index contributed by atoms with van der Waals surface area (Å²) >= 11 is 1.59. The largest absolute Gasteiger partial charge is 0.321 e. The molecule has 23 heavy (non-hydrogen) atoms. The van der Waals surface area contributed by atoms with Crippen molar-refractivity contribution < 1.29 is 4.79 Å². The van der Waals surface area contributed by atoms with Crippen LogP contribution in [0.15, 0.2) is 42.5 Å². The summed E-state index contributed by atoms with van der Waals surface area (Å²) in [6, 6.07) is 14.4. The molecule has 3 aromatic rings. The lowest BCUT2D eigenvalue weighted by molar-refractivity contribution is 0.102. The van der Waals surface area contributed by atoms with Gasteiger partial charge in [-0.25, -0.2) is 0 Å². The molecule has 0 fully saturated rings. The number of nitrogens with one attached hydrogen (secondary N) is 1. The number of fused-ring (bicyclic) bond motifs is 1. The van der Waals surface area contributed by atoms with Gasteiger partial charge in [0.15, 0.2) is 0 Å². The van der Waals surface area contributed by atoms with Crippen molar-refractivity contribution in [3.8, 4) is 0 Å². The molecule has 0 radical (unpaired) electrons. The van der Waals surface area contributed by atoms with Crippen molar-refractivity contribution in [2.45, 2.75) is 33.6 Å². The predicted molar refractivity (Wildman–Crippen MR) is 99.7 cm³/mol. The second kappa shape index (κ2) is 6.55. The van der Waals surface area contributed by atoms with Crippen LogP contribution in [0.5, 0.6) is 0 Å². The number of anilines is 1. The first-order valence-electron chi connectivity index (χ1n) is 7.99. The number of carbonyl (C=O) groups is 1. The van der Waals surface area contributed by atoms with Gasteiger partial charge in [0.05, 0.1) is 4.88 Å². The first-order valence-corrected chi connectivity index (χ1v) is 8.80. The first-order chi connectivity index (χ1) is 11.1. The third-order valence-electron chi connectivity index (χ3n) is 4.03. The van der Waals surface area contributed by atoms with Gasteiger partial charge in [0.1, 0.15) is 0 Å². The van der Waals surface area contributed by atoms with E-state index in [0.717, 1.165) is 29.0 Å². The molecule has 1 amide bonds. The van der Waals surface area contributed by atoms with Crippen molar-refractivity contribution >= 4 is 33.0 Å². The van der Waals surface area contributed by atoms with Crippen LogP contribution in [0.3, 0.4) is 0 Å². The van der Waals surface area contributed by atoms with Gasteiger partial charge < -0.3 is 5.32 Å². The normalized spacial score (nSPS) is 10.9. The predicted octanol–water partition coefficient (Wildman–Crippen LogP) is 5.72. The van der Waals surface area contributed by atoms with Crippen molar-refractivity contribution in [2.75, 3.05) is 5.32 Å². The molecule has 2 aromatic carbocycles. The van der Waals surface area contributed by atoms with Crippen LogP contribution in [0, 0.1) is 13.8 Å². The second-order valence-electron chi connectivity index (χ2n) is 5.93. The number of amides is 1. The average Bonchev–Trinajstić information content (AvgIpc) is 2.90. The Kier molecular flexibility index (Phi) is 4.49. The van der Waals surface area contributed by atoms with Crippen LogP contribution in [-0.2, 0) is 6.42 Å². The van der Waals surface area contributed by atoms with Gasteiger partial charge in [0.25, 0.3) is 5.91 Å². The Morgan fingerprint density at radius 3 is 2.65 bits per heavy atom. The maximum Gasteiger partial charge on any atom is 0.266 e. The van der Waals surface area contributed by atoms with Crippen LogP contribution in [0.1, 0.15) is 39.7 Å². The van der Waals surface area contributed by atoms with Crippen LogP contribution < -0.4 is 5.32 Å². The van der Waals surface area contributed by atoms with Gasteiger partial charge in [-0.1, -0.05) is 49.2 Å². The van der Waals surface area contributed by atoms with E-state index in [4.69, 9.17) is 0 Å². The molecule has 3 heteroatoms. The van der Waals surface area contributed by atoms with Crippen LogP contribution in [0.4, 0.5) is 5.69 Å². The molecule has 2 nitrogen and oxygen atoms in total. The number of thiophene rings is 1. The lowest BCUT2D eigenvalue weighted by Crippen LogP contribution is -2.13. The van der Waals surface area contributed by atoms with Crippen LogP contribution >= 0.6 is 11.3 Å². The Labute approximate surface area is 141 Å². The maximum atomic E-state index is 12.8. The zero-order valence-electron chi connectivity index (χ0n) is 13.8. The molecule has 0 spiro atoms. The Morgan fingerprint density at radius 1 is 1.13 bits per heavy atom. The standard InChI is InChI=1S/C20H21NOS/c1-4-7-16-15-8-5-6-9-18(15)23-19(16)20(22)21-17-11-10-13(2)12-14(17)3/h5-6,8-12H,4,7H2,1-3H3,(H,21,22). The van der Waals surface area contributed by atoms with E-state index in [0.29, 0.717) is 0 Å². The number of aryl methyl sites for hydroxylation is 3. The molecule has 1 N–H and O–H groups in total. The van der Waals surface area contributed by atoms with Crippen molar-refractivity contribution in [1.29, 1.82) is 0 Å². The van der Waals surface area contributed by atoms with E-state index < -0.39 is 0 Å². The van der Waals surface area contributed by atoms with Gasteiger partial charge in [-0.15, -0.1) is 11.3 Å². The summed E-state index contributed by atoms with van der Waals surface area (Å²) in [6.07, 6.45) is 1.96. The first kappa shape index (κ1) is 15.8. The van der Waals surface area contributed by atoms with E-state index in [9.17, 15) is 4.79 Å². The Morgan fingerprint density at radius 2 is 1.91 bits per heavy atom. The molecule has 0 atom stereocenters. The molecular weight excluding hydrogens is 302 g/mol. The third kappa shape index (κ3) is 3.15. The highest BCUT2D eigenvalue weighted by Crippen LogP contribution is 2.33. The number of carbonyl (C=O) groups excluding carboxylic acids is 1. The zero-order chi connectivity index (χ0) is 16.4. The fourth-order valence-corrected chi connectivity index (χ4v) is 4.06. The molecule has 118 valence electrons. The van der Waals surface area contributed by atoms with Gasteiger partial charge in [0, 0.05) is 10.4 Å². The summed E-state index contributed by atoms with van der Waals surface area (Å²) in [6.45, 7) is 6.24. The highest BCUT2D eigenvalue weighted by molar-refractivity contribution is 7.21. The van der Waals surface area contributed by atoms with Crippen LogP contribution in [0.2, 0.25) is 0 Å². The maximum absolute atomic E-state index is 12.8. The Hall–Kier alpha value is -2.13. The third-order valence-corrected chi connectivity index (χ3v) is 5.25. The van der Waals surface area contributed by atoms with Crippen molar-refractivity contribution in [2.24, 2.45) is 0 Å².